The van der Waals surface area contributed by atoms with E-state index in [1.807, 2.05) is 0 Å². The molecule has 1 aromatic heterocycles. The van der Waals surface area contributed by atoms with Gasteiger partial charge in [0, 0.05) is 20.9 Å². The monoisotopic (exact) mass is 239 g/mol. The number of carbonyl (C=O) groups is 3. The van der Waals surface area contributed by atoms with Crippen LogP contribution < -0.4 is 11.0 Å². The molecule has 17 heavy (non-hydrogen) atoms. The minimum atomic E-state index is -0.818. The van der Waals surface area contributed by atoms with Crippen LogP contribution >= 0.6 is 0 Å². The Balaban J connectivity index is 3.75. The third kappa shape index (κ3) is 1.91. The van der Waals surface area contributed by atoms with Crippen LogP contribution in [0.4, 0.5) is 0 Å². The first-order valence-corrected chi connectivity index (χ1v) is 4.91. The van der Waals surface area contributed by atoms with Crippen molar-refractivity contribution in [3.63, 3.8) is 0 Å². The summed E-state index contributed by atoms with van der Waals surface area (Å²) in [4.78, 5) is 46.1. The van der Waals surface area contributed by atoms with Crippen LogP contribution in [0.1, 0.15) is 39.6 Å². The van der Waals surface area contributed by atoms with Gasteiger partial charge in [0.1, 0.15) is 5.69 Å². The zero-order chi connectivity index (χ0) is 13.3. The minimum Gasteiger partial charge on any atom is -0.354 e. The highest BCUT2D eigenvalue weighted by Gasteiger charge is 2.25. The second kappa shape index (κ2) is 4.36. The van der Waals surface area contributed by atoms with Gasteiger partial charge in [-0.25, -0.2) is 13.9 Å². The molecule has 1 amide bonds. The molecule has 92 valence electrons. The third-order valence-electron chi connectivity index (χ3n) is 2.36. The molecule has 1 rings (SSSR count). The molecule has 0 fully saturated rings. The van der Waals surface area contributed by atoms with Gasteiger partial charge in [-0.05, 0) is 6.92 Å². The van der Waals surface area contributed by atoms with Gasteiger partial charge in [0.2, 0.25) is 11.8 Å². The Morgan fingerprint density at radius 1 is 1.06 bits per heavy atom. The molecule has 1 N–H and O–H groups in total. The number of amides is 1. The van der Waals surface area contributed by atoms with E-state index in [0.717, 1.165) is 11.5 Å². The number of rotatable bonds is 1. The number of carbonyl (C=O) groups excluding carboxylic acids is 3. The predicted molar refractivity (Wildman–Crippen MR) is 59.4 cm³/mol. The fourth-order valence-electron chi connectivity index (χ4n) is 1.65. The second-order valence-corrected chi connectivity index (χ2v) is 3.50. The summed E-state index contributed by atoms with van der Waals surface area (Å²) in [6, 6.07) is 0. The average molecular weight is 239 g/mol. The molecule has 0 atom stereocenters. The molecule has 0 saturated heterocycles. The van der Waals surface area contributed by atoms with E-state index >= 15 is 0 Å². The fraction of sp³-hybridized carbons (Fsp3) is 0.400. The third-order valence-corrected chi connectivity index (χ3v) is 2.36. The minimum absolute atomic E-state index is 0.111. The molecule has 0 aliphatic carbocycles. The van der Waals surface area contributed by atoms with Gasteiger partial charge in [0.25, 0.3) is 5.91 Å². The lowest BCUT2D eigenvalue weighted by atomic mass is 10.3. The van der Waals surface area contributed by atoms with Crippen molar-refractivity contribution in [2.24, 2.45) is 0 Å². The molecule has 0 radical (unpaired) electrons. The fourth-order valence-corrected chi connectivity index (χ4v) is 1.65. The number of imidazole rings is 1. The van der Waals surface area contributed by atoms with Crippen LogP contribution in [0.2, 0.25) is 0 Å². The van der Waals surface area contributed by atoms with E-state index in [1.165, 1.54) is 20.9 Å². The van der Waals surface area contributed by atoms with Crippen molar-refractivity contribution in [2.75, 3.05) is 7.05 Å². The first-order chi connectivity index (χ1) is 7.82. The molecular formula is C10H13N3O4. The Bertz CT molecular complexity index is 565. The van der Waals surface area contributed by atoms with Crippen LogP contribution in [0.25, 0.3) is 0 Å². The number of nitrogens with zero attached hydrogens (tertiary/aromatic N) is 2. The lowest BCUT2D eigenvalue weighted by Gasteiger charge is -2.02. The summed E-state index contributed by atoms with van der Waals surface area (Å²) in [6.07, 6.45) is 0. The van der Waals surface area contributed by atoms with Crippen LogP contribution in [0.5, 0.6) is 0 Å². The Morgan fingerprint density at radius 3 is 1.88 bits per heavy atom. The van der Waals surface area contributed by atoms with Gasteiger partial charge in [-0.15, -0.1) is 0 Å². The molecule has 7 nitrogen and oxygen atoms in total. The second-order valence-electron chi connectivity index (χ2n) is 3.50. The van der Waals surface area contributed by atoms with Crippen molar-refractivity contribution >= 4 is 17.7 Å². The van der Waals surface area contributed by atoms with Crippen molar-refractivity contribution in [1.29, 1.82) is 0 Å². The first-order valence-electron chi connectivity index (χ1n) is 4.91. The number of aromatic nitrogens is 2. The molecule has 1 heterocycles. The lowest BCUT2D eigenvalue weighted by molar-refractivity contribution is 0.0886. The van der Waals surface area contributed by atoms with E-state index in [1.54, 1.807) is 0 Å². The topological polar surface area (TPSA) is 90.2 Å². The van der Waals surface area contributed by atoms with E-state index in [2.05, 4.69) is 5.32 Å². The van der Waals surface area contributed by atoms with Crippen molar-refractivity contribution in [1.82, 2.24) is 14.5 Å². The summed E-state index contributed by atoms with van der Waals surface area (Å²) in [5.41, 5.74) is -0.779. The smallest absolute Gasteiger partial charge is 0.342 e. The van der Waals surface area contributed by atoms with Crippen LogP contribution in [-0.4, -0.2) is 33.9 Å². The molecule has 0 bridgehead atoms. The standard InChI is InChI=1S/C10H13N3O4/c1-5-8(9(16)11-4)13(7(3)15)10(17)12(5)6(2)14/h1-4H3,(H,11,16). The maximum Gasteiger partial charge on any atom is 0.342 e. The number of nitrogens with one attached hydrogen (secondary N) is 1. The molecule has 7 heteroatoms. The van der Waals surface area contributed by atoms with Gasteiger partial charge in [-0.3, -0.25) is 14.4 Å². The average Bonchev–Trinajstić information content (AvgIpc) is 2.48. The lowest BCUT2D eigenvalue weighted by Crippen LogP contribution is -2.32. The summed E-state index contributed by atoms with van der Waals surface area (Å²) < 4.78 is 1.49. The molecule has 0 unspecified atom stereocenters. The summed E-state index contributed by atoms with van der Waals surface area (Å²) in [5.74, 6) is -1.75. The van der Waals surface area contributed by atoms with Crippen molar-refractivity contribution in [3.8, 4) is 0 Å². The number of hydrogen-bond donors (Lipinski definition) is 1. The van der Waals surface area contributed by atoms with Crippen molar-refractivity contribution < 1.29 is 14.4 Å². The summed E-state index contributed by atoms with van der Waals surface area (Å²) in [5, 5.41) is 2.32. The van der Waals surface area contributed by atoms with E-state index in [9.17, 15) is 19.2 Å². The van der Waals surface area contributed by atoms with Crippen molar-refractivity contribution in [2.45, 2.75) is 20.8 Å². The largest absolute Gasteiger partial charge is 0.354 e. The molecule has 0 aliphatic heterocycles. The summed E-state index contributed by atoms with van der Waals surface area (Å²) >= 11 is 0. The molecule has 0 spiro atoms. The highest BCUT2D eigenvalue weighted by molar-refractivity contribution is 5.98. The van der Waals surface area contributed by atoms with Gasteiger partial charge < -0.3 is 5.32 Å². The highest BCUT2D eigenvalue weighted by Crippen LogP contribution is 2.06. The van der Waals surface area contributed by atoms with Gasteiger partial charge in [0.05, 0.1) is 5.69 Å². The van der Waals surface area contributed by atoms with E-state index < -0.39 is 23.4 Å². The predicted octanol–water partition coefficient (Wildman–Crippen LogP) is -0.362. The van der Waals surface area contributed by atoms with Crippen LogP contribution in [0, 0.1) is 6.92 Å². The van der Waals surface area contributed by atoms with Gasteiger partial charge in [-0.2, -0.15) is 0 Å². The van der Waals surface area contributed by atoms with Crippen LogP contribution in [0.3, 0.4) is 0 Å². The van der Waals surface area contributed by atoms with E-state index in [4.69, 9.17) is 0 Å². The molecule has 0 aliphatic rings. The zero-order valence-electron chi connectivity index (χ0n) is 10.0. The maximum absolute atomic E-state index is 11.8. The molecule has 1 aromatic rings. The van der Waals surface area contributed by atoms with Gasteiger partial charge in [0.15, 0.2) is 0 Å². The first kappa shape index (κ1) is 12.9. The highest BCUT2D eigenvalue weighted by atomic mass is 16.2. The van der Waals surface area contributed by atoms with E-state index in [-0.39, 0.29) is 11.4 Å². The summed E-state index contributed by atoms with van der Waals surface area (Å²) in [6.45, 7) is 3.77. The van der Waals surface area contributed by atoms with Crippen LogP contribution in [0.15, 0.2) is 4.79 Å². The SMILES string of the molecule is CNC(=O)c1c(C)n(C(C)=O)c(=O)n1C(C)=O. The molecular weight excluding hydrogens is 226 g/mol. The van der Waals surface area contributed by atoms with Gasteiger partial charge >= 0.3 is 5.69 Å². The van der Waals surface area contributed by atoms with E-state index in [0.29, 0.717) is 4.57 Å². The van der Waals surface area contributed by atoms with Crippen LogP contribution in [-0.2, 0) is 0 Å². The zero-order valence-corrected chi connectivity index (χ0v) is 10.0. The Morgan fingerprint density at radius 2 is 1.53 bits per heavy atom. The quantitative estimate of drug-likeness (QED) is 0.724. The Labute approximate surface area is 97.0 Å². The maximum atomic E-state index is 11.8. The Kier molecular flexibility index (Phi) is 3.31. The summed E-state index contributed by atoms with van der Waals surface area (Å²) in [7, 11) is 1.38. The Hall–Kier alpha value is -2.18. The molecule has 0 aromatic carbocycles. The number of hydrogen-bond acceptors (Lipinski definition) is 4. The molecule has 0 saturated carbocycles. The van der Waals surface area contributed by atoms with Gasteiger partial charge in [-0.1, -0.05) is 0 Å². The normalized spacial score (nSPS) is 10.1. The van der Waals surface area contributed by atoms with Crippen molar-refractivity contribution in [3.05, 3.63) is 21.9 Å².